The summed E-state index contributed by atoms with van der Waals surface area (Å²) in [6.45, 7) is 0. The number of nitro groups is 1. The summed E-state index contributed by atoms with van der Waals surface area (Å²) in [5.74, 6) is 0. The molecule has 0 N–H and O–H groups in total. The number of halogens is 1. The molecule has 2 aromatic carbocycles. The van der Waals surface area contributed by atoms with Gasteiger partial charge in [-0.05, 0) is 18.2 Å². The number of hydrogen-bond donors (Lipinski definition) is 0. The van der Waals surface area contributed by atoms with Crippen molar-refractivity contribution in [2.75, 3.05) is 0 Å². The number of hydrogen-bond acceptors (Lipinski definition) is 4. The van der Waals surface area contributed by atoms with Gasteiger partial charge in [-0.2, -0.15) is 0 Å². The van der Waals surface area contributed by atoms with Gasteiger partial charge in [-0.3, -0.25) is 10.1 Å². The fraction of sp³-hybridized carbons (Fsp3) is 0. The Morgan fingerprint density at radius 3 is 2.52 bits per heavy atom. The Labute approximate surface area is 128 Å². The molecule has 3 aromatic rings. The molecule has 0 amide bonds. The highest BCUT2D eigenvalue weighted by molar-refractivity contribution is 9.10. The van der Waals surface area contributed by atoms with Crippen LogP contribution in [0.25, 0.3) is 16.9 Å². The monoisotopic (exact) mass is 344 g/mol. The number of aromatic nitrogens is 3. The van der Waals surface area contributed by atoms with Gasteiger partial charge in [0.2, 0.25) is 0 Å². The van der Waals surface area contributed by atoms with Crippen molar-refractivity contribution in [1.29, 1.82) is 0 Å². The van der Waals surface area contributed by atoms with E-state index < -0.39 is 4.92 Å². The molecule has 0 bridgehead atoms. The van der Waals surface area contributed by atoms with Gasteiger partial charge in [0.05, 0.1) is 11.1 Å². The number of para-hydroxylation sites is 2. The summed E-state index contributed by atoms with van der Waals surface area (Å²) in [6.07, 6.45) is 1.67. The second kappa shape index (κ2) is 5.45. The molecule has 6 nitrogen and oxygen atoms in total. The lowest BCUT2D eigenvalue weighted by atomic mass is 10.2. The van der Waals surface area contributed by atoms with Gasteiger partial charge in [0.1, 0.15) is 11.4 Å². The van der Waals surface area contributed by atoms with Crippen LogP contribution in [0.2, 0.25) is 0 Å². The Bertz CT molecular complexity index is 799. The van der Waals surface area contributed by atoms with E-state index in [9.17, 15) is 10.1 Å². The predicted octanol–water partition coefficient (Wildman–Crippen LogP) is 3.61. The Morgan fingerprint density at radius 2 is 1.81 bits per heavy atom. The molecule has 1 aromatic heterocycles. The number of benzene rings is 2. The summed E-state index contributed by atoms with van der Waals surface area (Å²) < 4.78 is 2.38. The minimum Gasteiger partial charge on any atom is -0.258 e. The van der Waals surface area contributed by atoms with Crippen molar-refractivity contribution in [2.24, 2.45) is 0 Å². The minimum absolute atomic E-state index is 0.00949. The summed E-state index contributed by atoms with van der Waals surface area (Å²) >= 11 is 3.37. The Hall–Kier alpha value is -2.54. The highest BCUT2D eigenvalue weighted by Crippen LogP contribution is 2.24. The van der Waals surface area contributed by atoms with E-state index in [-0.39, 0.29) is 5.69 Å². The average molecular weight is 345 g/mol. The van der Waals surface area contributed by atoms with Crippen molar-refractivity contribution in [3.8, 4) is 16.9 Å². The number of nitro benzene ring substituents is 1. The quantitative estimate of drug-likeness (QED) is 0.537. The molecule has 1 heterocycles. The molecule has 21 heavy (non-hydrogen) atoms. The van der Waals surface area contributed by atoms with Gasteiger partial charge in [0.25, 0.3) is 5.69 Å². The molecule has 0 saturated carbocycles. The van der Waals surface area contributed by atoms with E-state index in [1.54, 1.807) is 24.4 Å². The maximum atomic E-state index is 11.0. The lowest BCUT2D eigenvalue weighted by molar-refractivity contribution is -0.384. The van der Waals surface area contributed by atoms with E-state index >= 15 is 0 Å². The van der Waals surface area contributed by atoms with Gasteiger partial charge < -0.3 is 0 Å². The standard InChI is InChI=1S/C14H9BrN4O2/c15-11-7-5-10(6-8-11)12-9-18(17-16-12)13-3-1-2-4-14(13)19(20)21/h1-9H. The second-order valence-electron chi connectivity index (χ2n) is 4.30. The third-order valence-electron chi connectivity index (χ3n) is 2.96. The van der Waals surface area contributed by atoms with Crippen LogP contribution in [0.15, 0.2) is 59.2 Å². The first-order valence-electron chi connectivity index (χ1n) is 6.07. The summed E-state index contributed by atoms with van der Waals surface area (Å²) in [4.78, 5) is 10.6. The lowest BCUT2D eigenvalue weighted by Crippen LogP contribution is -2.00. The molecule has 0 radical (unpaired) electrons. The summed E-state index contributed by atoms with van der Waals surface area (Å²) in [5, 5.41) is 19.1. The van der Waals surface area contributed by atoms with Crippen molar-refractivity contribution in [1.82, 2.24) is 15.0 Å². The first kappa shape index (κ1) is 13.4. The molecule has 0 unspecified atom stereocenters. The third-order valence-corrected chi connectivity index (χ3v) is 3.49. The molecule has 104 valence electrons. The molecular weight excluding hydrogens is 336 g/mol. The molecule has 0 atom stereocenters. The minimum atomic E-state index is -0.434. The van der Waals surface area contributed by atoms with Crippen LogP contribution in [-0.4, -0.2) is 19.9 Å². The van der Waals surface area contributed by atoms with E-state index in [0.29, 0.717) is 11.4 Å². The van der Waals surface area contributed by atoms with E-state index in [2.05, 4.69) is 26.2 Å². The van der Waals surface area contributed by atoms with Crippen LogP contribution in [0.5, 0.6) is 0 Å². The van der Waals surface area contributed by atoms with Gasteiger partial charge in [0, 0.05) is 16.1 Å². The highest BCUT2D eigenvalue weighted by atomic mass is 79.9. The zero-order valence-electron chi connectivity index (χ0n) is 10.7. The average Bonchev–Trinajstić information content (AvgIpc) is 2.97. The summed E-state index contributed by atoms with van der Waals surface area (Å²) in [6, 6.07) is 14.0. The van der Waals surface area contributed by atoms with Gasteiger partial charge in [-0.1, -0.05) is 45.4 Å². The highest BCUT2D eigenvalue weighted by Gasteiger charge is 2.15. The predicted molar refractivity (Wildman–Crippen MR) is 81.1 cm³/mol. The van der Waals surface area contributed by atoms with Crippen LogP contribution in [0, 0.1) is 10.1 Å². The van der Waals surface area contributed by atoms with E-state index in [4.69, 9.17) is 0 Å². The van der Waals surface area contributed by atoms with Gasteiger partial charge in [-0.25, -0.2) is 4.68 Å². The number of rotatable bonds is 3. The van der Waals surface area contributed by atoms with Crippen LogP contribution >= 0.6 is 15.9 Å². The van der Waals surface area contributed by atoms with Crippen LogP contribution in [0.4, 0.5) is 5.69 Å². The SMILES string of the molecule is O=[N+]([O-])c1ccccc1-n1cc(-c2ccc(Br)cc2)nn1. The molecular formula is C14H9BrN4O2. The smallest absolute Gasteiger partial charge is 0.258 e. The van der Waals surface area contributed by atoms with Crippen molar-refractivity contribution < 1.29 is 4.92 Å². The lowest BCUT2D eigenvalue weighted by Gasteiger charge is -2.00. The van der Waals surface area contributed by atoms with E-state index in [1.807, 2.05) is 24.3 Å². The zero-order chi connectivity index (χ0) is 14.8. The maximum Gasteiger partial charge on any atom is 0.294 e. The maximum absolute atomic E-state index is 11.0. The van der Waals surface area contributed by atoms with Crippen LogP contribution in [0.1, 0.15) is 0 Å². The first-order chi connectivity index (χ1) is 10.1. The molecule has 0 aliphatic rings. The van der Waals surface area contributed by atoms with Crippen LogP contribution in [0.3, 0.4) is 0 Å². The van der Waals surface area contributed by atoms with Gasteiger partial charge in [0.15, 0.2) is 0 Å². The van der Waals surface area contributed by atoms with Gasteiger partial charge >= 0.3 is 0 Å². The van der Waals surface area contributed by atoms with E-state index in [1.165, 1.54) is 10.7 Å². The summed E-state index contributed by atoms with van der Waals surface area (Å²) in [5.41, 5.74) is 1.92. The van der Waals surface area contributed by atoms with Crippen molar-refractivity contribution in [3.05, 3.63) is 69.3 Å². The third kappa shape index (κ3) is 2.68. The summed E-state index contributed by atoms with van der Waals surface area (Å²) in [7, 11) is 0. The van der Waals surface area contributed by atoms with Gasteiger partial charge in [-0.15, -0.1) is 5.10 Å². The van der Waals surface area contributed by atoms with Crippen LogP contribution in [-0.2, 0) is 0 Å². The molecule has 3 rings (SSSR count). The number of nitrogens with zero attached hydrogens (tertiary/aromatic N) is 4. The fourth-order valence-electron chi connectivity index (χ4n) is 1.95. The van der Waals surface area contributed by atoms with Crippen molar-refractivity contribution in [2.45, 2.75) is 0 Å². The Balaban J connectivity index is 2.03. The fourth-order valence-corrected chi connectivity index (χ4v) is 2.21. The normalized spacial score (nSPS) is 10.5. The zero-order valence-corrected chi connectivity index (χ0v) is 12.3. The Kier molecular flexibility index (Phi) is 3.49. The largest absolute Gasteiger partial charge is 0.294 e. The molecule has 0 spiro atoms. The van der Waals surface area contributed by atoms with Crippen molar-refractivity contribution in [3.63, 3.8) is 0 Å². The topological polar surface area (TPSA) is 73.8 Å². The molecule has 0 saturated heterocycles. The van der Waals surface area contributed by atoms with Crippen molar-refractivity contribution >= 4 is 21.6 Å². The molecule has 0 aliphatic carbocycles. The first-order valence-corrected chi connectivity index (χ1v) is 6.86. The molecule has 7 heteroatoms. The van der Waals surface area contributed by atoms with E-state index in [0.717, 1.165) is 10.0 Å². The van der Waals surface area contributed by atoms with Crippen LogP contribution < -0.4 is 0 Å². The second-order valence-corrected chi connectivity index (χ2v) is 5.22. The molecule has 0 aliphatic heterocycles. The Morgan fingerprint density at radius 1 is 1.10 bits per heavy atom. The molecule has 0 fully saturated rings.